The average molecular weight is 481 g/mol. The van der Waals surface area contributed by atoms with Gasteiger partial charge in [-0.05, 0) is 66.9 Å². The number of para-hydroxylation sites is 1. The Bertz CT molecular complexity index is 1150. The molecule has 0 heterocycles. The van der Waals surface area contributed by atoms with Crippen LogP contribution >= 0.6 is 11.6 Å². The van der Waals surface area contributed by atoms with Crippen LogP contribution in [0.5, 0.6) is 5.75 Å². The van der Waals surface area contributed by atoms with Crippen molar-refractivity contribution in [2.45, 2.75) is 26.3 Å². The molecular formula is C26H25ClN2O5. The summed E-state index contributed by atoms with van der Waals surface area (Å²) < 4.78 is 9.72. The number of nitrogens with one attached hydrogen (secondary N) is 2. The summed E-state index contributed by atoms with van der Waals surface area (Å²) in [5.74, 6) is -0.156. The van der Waals surface area contributed by atoms with Crippen LogP contribution in [0.1, 0.15) is 34.8 Å². The zero-order valence-electron chi connectivity index (χ0n) is 18.7. The second-order valence-electron chi connectivity index (χ2n) is 7.33. The summed E-state index contributed by atoms with van der Waals surface area (Å²) in [5.41, 5.74) is 2.74. The first kappa shape index (κ1) is 24.8. The van der Waals surface area contributed by atoms with Crippen molar-refractivity contribution in [1.29, 1.82) is 0 Å². The number of aryl methyl sites for hydroxylation is 1. The topological polar surface area (TPSA) is 93.7 Å². The van der Waals surface area contributed by atoms with Crippen LogP contribution < -0.4 is 15.4 Å². The van der Waals surface area contributed by atoms with E-state index in [2.05, 4.69) is 10.6 Å². The van der Waals surface area contributed by atoms with Crippen molar-refractivity contribution in [3.8, 4) is 5.75 Å². The molecule has 2 amide bonds. The van der Waals surface area contributed by atoms with Crippen molar-refractivity contribution < 1.29 is 23.9 Å². The number of ether oxygens (including phenoxy) is 2. The van der Waals surface area contributed by atoms with Gasteiger partial charge in [0, 0.05) is 29.2 Å². The Morgan fingerprint density at radius 3 is 2.44 bits per heavy atom. The van der Waals surface area contributed by atoms with Gasteiger partial charge in [-0.15, -0.1) is 0 Å². The Labute approximate surface area is 203 Å². The van der Waals surface area contributed by atoms with Crippen molar-refractivity contribution >= 4 is 35.3 Å². The van der Waals surface area contributed by atoms with E-state index in [4.69, 9.17) is 21.1 Å². The maximum absolute atomic E-state index is 12.7. The molecule has 34 heavy (non-hydrogen) atoms. The van der Waals surface area contributed by atoms with Crippen LogP contribution in [0.3, 0.4) is 0 Å². The summed E-state index contributed by atoms with van der Waals surface area (Å²) in [6.45, 7) is 2.16. The monoisotopic (exact) mass is 480 g/mol. The molecule has 7 nitrogen and oxygen atoms in total. The molecule has 2 N–H and O–H groups in total. The number of anilines is 1. The maximum Gasteiger partial charge on any atom is 0.513 e. The first-order chi connectivity index (χ1) is 16.4. The van der Waals surface area contributed by atoms with Gasteiger partial charge in [0.05, 0.1) is 6.61 Å². The van der Waals surface area contributed by atoms with Crippen molar-refractivity contribution in [1.82, 2.24) is 5.32 Å². The maximum atomic E-state index is 12.7. The smallest absolute Gasteiger partial charge is 0.434 e. The fourth-order valence-electron chi connectivity index (χ4n) is 3.14. The largest absolute Gasteiger partial charge is 0.513 e. The molecule has 0 saturated carbocycles. The highest BCUT2D eigenvalue weighted by atomic mass is 35.5. The summed E-state index contributed by atoms with van der Waals surface area (Å²) >= 11 is 5.98. The molecule has 0 unspecified atom stereocenters. The van der Waals surface area contributed by atoms with E-state index < -0.39 is 6.16 Å². The molecular weight excluding hydrogens is 456 g/mol. The van der Waals surface area contributed by atoms with E-state index in [1.54, 1.807) is 37.3 Å². The third kappa shape index (κ3) is 7.64. The fourth-order valence-corrected chi connectivity index (χ4v) is 3.35. The van der Waals surface area contributed by atoms with E-state index in [0.717, 1.165) is 11.1 Å². The molecule has 0 aliphatic heterocycles. The molecule has 0 fully saturated rings. The van der Waals surface area contributed by atoms with E-state index in [-0.39, 0.29) is 30.7 Å². The second-order valence-corrected chi connectivity index (χ2v) is 7.76. The predicted molar refractivity (Wildman–Crippen MR) is 130 cm³/mol. The number of amides is 2. The highest BCUT2D eigenvalue weighted by Crippen LogP contribution is 2.18. The lowest BCUT2D eigenvalue weighted by molar-refractivity contribution is -0.121. The predicted octanol–water partition coefficient (Wildman–Crippen LogP) is 5.38. The molecule has 176 valence electrons. The molecule has 0 aromatic heterocycles. The van der Waals surface area contributed by atoms with Crippen molar-refractivity contribution in [3.63, 3.8) is 0 Å². The first-order valence-electron chi connectivity index (χ1n) is 10.8. The minimum atomic E-state index is -0.803. The molecule has 3 aromatic rings. The van der Waals surface area contributed by atoms with Gasteiger partial charge in [0.1, 0.15) is 5.75 Å². The third-order valence-corrected chi connectivity index (χ3v) is 5.09. The van der Waals surface area contributed by atoms with Gasteiger partial charge in [0.25, 0.3) is 5.91 Å². The van der Waals surface area contributed by atoms with Gasteiger partial charge in [0.2, 0.25) is 5.91 Å². The number of hydrogen-bond donors (Lipinski definition) is 2. The number of halogens is 1. The van der Waals surface area contributed by atoms with Crippen LogP contribution in [0.25, 0.3) is 0 Å². The fraction of sp³-hybridized carbons (Fsp3) is 0.192. The summed E-state index contributed by atoms with van der Waals surface area (Å²) in [5, 5.41) is 6.39. The molecule has 3 aromatic carbocycles. The SMILES string of the molecule is CCOC(=O)Oc1ccc(C(=O)Nc2ccccc2CNC(=O)CCc2cccc(Cl)c2)cc1. The van der Waals surface area contributed by atoms with Crippen molar-refractivity contribution in [3.05, 3.63) is 94.5 Å². The minimum Gasteiger partial charge on any atom is -0.434 e. The van der Waals surface area contributed by atoms with E-state index in [1.807, 2.05) is 30.3 Å². The number of rotatable bonds is 9. The van der Waals surface area contributed by atoms with Gasteiger partial charge in [0.15, 0.2) is 0 Å². The van der Waals surface area contributed by atoms with E-state index in [1.165, 1.54) is 12.1 Å². The number of benzene rings is 3. The van der Waals surface area contributed by atoms with Crippen LogP contribution in [0.4, 0.5) is 10.5 Å². The summed E-state index contributed by atoms with van der Waals surface area (Å²) in [4.78, 5) is 36.4. The van der Waals surface area contributed by atoms with Crippen molar-refractivity contribution in [2.75, 3.05) is 11.9 Å². The van der Waals surface area contributed by atoms with Gasteiger partial charge in [-0.2, -0.15) is 0 Å². The number of hydrogen-bond acceptors (Lipinski definition) is 5. The van der Waals surface area contributed by atoms with Gasteiger partial charge in [-0.1, -0.05) is 41.9 Å². The van der Waals surface area contributed by atoms with Crippen LogP contribution in [0, 0.1) is 0 Å². The average Bonchev–Trinajstić information content (AvgIpc) is 2.83. The Morgan fingerprint density at radius 1 is 0.941 bits per heavy atom. The first-order valence-corrected chi connectivity index (χ1v) is 11.2. The summed E-state index contributed by atoms with van der Waals surface area (Å²) in [7, 11) is 0. The highest BCUT2D eigenvalue weighted by Gasteiger charge is 2.11. The Morgan fingerprint density at radius 2 is 1.71 bits per heavy atom. The Hall–Kier alpha value is -3.84. The zero-order valence-corrected chi connectivity index (χ0v) is 19.4. The molecule has 8 heteroatoms. The van der Waals surface area contributed by atoms with Crippen LogP contribution in [0.2, 0.25) is 5.02 Å². The molecule has 0 aliphatic rings. The molecule has 0 saturated heterocycles. The second kappa shape index (κ2) is 12.4. The van der Waals surface area contributed by atoms with E-state index in [9.17, 15) is 14.4 Å². The van der Waals surface area contributed by atoms with Gasteiger partial charge < -0.3 is 20.1 Å². The standard InChI is InChI=1S/C26H25ClN2O5/c1-2-33-26(32)34-22-13-11-19(12-14-22)25(31)29-23-9-4-3-7-20(23)17-28-24(30)15-10-18-6-5-8-21(27)16-18/h3-9,11-14,16H,2,10,15,17H2,1H3,(H,28,30)(H,29,31). The van der Waals surface area contributed by atoms with Crippen LogP contribution in [-0.2, 0) is 22.5 Å². The molecule has 0 bridgehead atoms. The molecule has 0 atom stereocenters. The Balaban J connectivity index is 1.54. The number of carbonyl (C=O) groups excluding carboxylic acids is 3. The summed E-state index contributed by atoms with van der Waals surface area (Å²) in [6, 6.07) is 20.8. The van der Waals surface area contributed by atoms with Crippen LogP contribution in [0.15, 0.2) is 72.8 Å². The number of carbonyl (C=O) groups is 3. The lowest BCUT2D eigenvalue weighted by atomic mass is 10.1. The van der Waals surface area contributed by atoms with Gasteiger partial charge in [-0.3, -0.25) is 9.59 Å². The normalized spacial score (nSPS) is 10.3. The third-order valence-electron chi connectivity index (χ3n) is 4.85. The molecule has 0 spiro atoms. The molecule has 3 rings (SSSR count). The summed E-state index contributed by atoms with van der Waals surface area (Å²) in [6.07, 6.45) is 0.110. The van der Waals surface area contributed by atoms with E-state index in [0.29, 0.717) is 29.1 Å². The van der Waals surface area contributed by atoms with Crippen LogP contribution in [-0.4, -0.2) is 24.6 Å². The van der Waals surface area contributed by atoms with Gasteiger partial charge in [-0.25, -0.2) is 4.79 Å². The lowest BCUT2D eigenvalue weighted by Crippen LogP contribution is -2.24. The minimum absolute atomic E-state index is 0.0988. The molecule has 0 radical (unpaired) electrons. The zero-order chi connectivity index (χ0) is 24.3. The van der Waals surface area contributed by atoms with Crippen molar-refractivity contribution in [2.24, 2.45) is 0 Å². The molecule has 0 aliphatic carbocycles. The van der Waals surface area contributed by atoms with Gasteiger partial charge >= 0.3 is 6.16 Å². The van der Waals surface area contributed by atoms with E-state index >= 15 is 0 Å². The quantitative estimate of drug-likeness (QED) is 0.317. The Kier molecular flexibility index (Phi) is 9.05. The lowest BCUT2D eigenvalue weighted by Gasteiger charge is -2.12. The highest BCUT2D eigenvalue weighted by molar-refractivity contribution is 6.30.